The van der Waals surface area contributed by atoms with E-state index in [4.69, 9.17) is 9.47 Å². The standard InChI is InChI=1S/C12H21O2.Hg/c1-9-6-4-5-7-12(9)13-10(2)8-11(3)14-12;/h9-11H,1,4-8H2,2-3H3;/t9-,10-,11-;/m1./s1. The third-order valence-electron chi connectivity index (χ3n) is 3.76. The van der Waals surface area contributed by atoms with Gasteiger partial charge in [0.1, 0.15) is 0 Å². The zero-order valence-corrected chi connectivity index (χ0v) is 15.5. The van der Waals surface area contributed by atoms with E-state index < -0.39 is 0 Å². The van der Waals surface area contributed by atoms with Crippen molar-refractivity contribution in [2.75, 3.05) is 0 Å². The van der Waals surface area contributed by atoms with Crippen LogP contribution in [0.25, 0.3) is 0 Å². The molecule has 0 aromatic heterocycles. The van der Waals surface area contributed by atoms with Crippen LogP contribution in [0.5, 0.6) is 0 Å². The molecule has 1 aliphatic carbocycles. The molecule has 0 bridgehead atoms. The van der Waals surface area contributed by atoms with E-state index in [-0.39, 0.29) is 5.79 Å². The van der Waals surface area contributed by atoms with Crippen molar-refractivity contribution in [2.45, 2.75) is 67.9 Å². The summed E-state index contributed by atoms with van der Waals surface area (Å²) in [6.07, 6.45) is 6.93. The van der Waals surface area contributed by atoms with Gasteiger partial charge in [0, 0.05) is 0 Å². The van der Waals surface area contributed by atoms with Crippen LogP contribution in [-0.2, 0) is 35.6 Å². The van der Waals surface area contributed by atoms with E-state index in [2.05, 4.69) is 13.8 Å². The molecular weight excluding hydrogens is 377 g/mol. The molecule has 0 aromatic carbocycles. The molecule has 2 aliphatic rings. The second kappa shape index (κ2) is 5.01. The van der Waals surface area contributed by atoms with E-state index in [1.165, 1.54) is 23.2 Å². The molecule has 0 radical (unpaired) electrons. The predicted molar refractivity (Wildman–Crippen MR) is 55.2 cm³/mol. The Kier molecular flexibility index (Phi) is 4.11. The minimum atomic E-state index is -0.183. The first kappa shape index (κ1) is 12.3. The third-order valence-corrected chi connectivity index (χ3v) is 6.47. The normalized spacial score (nSPS) is 47.1. The van der Waals surface area contributed by atoms with Crippen molar-refractivity contribution in [1.29, 1.82) is 0 Å². The van der Waals surface area contributed by atoms with Gasteiger partial charge in [-0.1, -0.05) is 0 Å². The first-order valence-electron chi connectivity index (χ1n) is 6.31. The van der Waals surface area contributed by atoms with Gasteiger partial charge in [0.25, 0.3) is 0 Å². The molecule has 2 fully saturated rings. The van der Waals surface area contributed by atoms with E-state index in [9.17, 15) is 0 Å². The molecule has 2 nitrogen and oxygen atoms in total. The number of rotatable bonds is 1. The average molecular weight is 398 g/mol. The van der Waals surface area contributed by atoms with Crippen molar-refractivity contribution in [3.05, 3.63) is 0 Å². The Morgan fingerprint density at radius 3 is 2.47 bits per heavy atom. The van der Waals surface area contributed by atoms with Gasteiger partial charge < -0.3 is 0 Å². The van der Waals surface area contributed by atoms with Gasteiger partial charge in [0.2, 0.25) is 0 Å². The van der Waals surface area contributed by atoms with Crippen LogP contribution >= 0.6 is 0 Å². The first-order valence-corrected chi connectivity index (χ1v) is 10.2. The predicted octanol–water partition coefficient (Wildman–Crippen LogP) is 3.05. The van der Waals surface area contributed by atoms with Crippen molar-refractivity contribution in [3.63, 3.8) is 0 Å². The molecule has 0 amide bonds. The number of hydrogen-bond donors (Lipinski definition) is 0. The third kappa shape index (κ3) is 2.58. The summed E-state index contributed by atoms with van der Waals surface area (Å²) in [4.78, 5) is 0. The molecule has 0 N–H and O–H groups in total. The maximum atomic E-state index is 6.20. The van der Waals surface area contributed by atoms with Crippen LogP contribution in [0.2, 0.25) is 3.93 Å². The van der Waals surface area contributed by atoms with Gasteiger partial charge in [-0.25, -0.2) is 0 Å². The summed E-state index contributed by atoms with van der Waals surface area (Å²) >= 11 is 0.866. The Hall–Kier alpha value is 0.855. The summed E-state index contributed by atoms with van der Waals surface area (Å²) < 4.78 is 13.8. The molecule has 0 unspecified atom stereocenters. The van der Waals surface area contributed by atoms with Gasteiger partial charge in [-0.3, -0.25) is 0 Å². The van der Waals surface area contributed by atoms with Crippen LogP contribution in [0.3, 0.4) is 0 Å². The second-order valence-electron chi connectivity index (χ2n) is 5.14. The SMILES string of the molecule is C[C@@H]1C[C@@H](C)OC2(CCCC[C@H]2[CH2][Hg])O1. The summed E-state index contributed by atoms with van der Waals surface area (Å²) in [6.45, 7) is 4.40. The summed E-state index contributed by atoms with van der Waals surface area (Å²) in [5, 5.41) is 0. The molecule has 1 saturated carbocycles. The molecular formula is C12H21HgO2. The Bertz CT molecular complexity index is 210. The van der Waals surface area contributed by atoms with Gasteiger partial charge >= 0.3 is 109 Å². The molecule has 3 atom stereocenters. The monoisotopic (exact) mass is 399 g/mol. The molecule has 15 heavy (non-hydrogen) atoms. The maximum absolute atomic E-state index is 6.20. The first-order chi connectivity index (χ1) is 7.16. The Labute approximate surface area is 109 Å². The van der Waals surface area contributed by atoms with Crippen LogP contribution in [0, 0.1) is 5.92 Å². The Morgan fingerprint density at radius 2 is 1.87 bits per heavy atom. The van der Waals surface area contributed by atoms with Crippen molar-refractivity contribution in [2.24, 2.45) is 5.92 Å². The summed E-state index contributed by atoms with van der Waals surface area (Å²) in [5.41, 5.74) is 0. The molecule has 1 saturated heterocycles. The fraction of sp³-hybridized carbons (Fsp3) is 1.00. The molecule has 0 aromatic rings. The Morgan fingerprint density at radius 1 is 1.20 bits per heavy atom. The molecule has 2 rings (SSSR count). The van der Waals surface area contributed by atoms with Crippen molar-refractivity contribution >= 4 is 0 Å². The quantitative estimate of drug-likeness (QED) is 0.633. The van der Waals surface area contributed by atoms with Crippen molar-refractivity contribution < 1.29 is 35.6 Å². The topological polar surface area (TPSA) is 18.5 Å². The van der Waals surface area contributed by atoms with E-state index in [1.807, 2.05) is 0 Å². The van der Waals surface area contributed by atoms with E-state index in [0.29, 0.717) is 18.1 Å². The van der Waals surface area contributed by atoms with E-state index in [0.717, 1.165) is 39.0 Å². The summed E-state index contributed by atoms with van der Waals surface area (Å²) in [5.74, 6) is 0.511. The zero-order chi connectivity index (χ0) is 10.9. The second-order valence-corrected chi connectivity index (χ2v) is 7.38. The number of ether oxygens (including phenoxy) is 2. The Balaban J connectivity index is 2.13. The molecule has 3 heteroatoms. The van der Waals surface area contributed by atoms with Crippen LogP contribution in [0.4, 0.5) is 0 Å². The van der Waals surface area contributed by atoms with E-state index >= 15 is 0 Å². The van der Waals surface area contributed by atoms with Crippen LogP contribution < -0.4 is 0 Å². The molecule has 1 aliphatic heterocycles. The average Bonchev–Trinajstić information content (AvgIpc) is 2.16. The van der Waals surface area contributed by atoms with Gasteiger partial charge in [-0.05, 0) is 0 Å². The zero-order valence-electron chi connectivity index (χ0n) is 10.00. The van der Waals surface area contributed by atoms with Gasteiger partial charge in [0.05, 0.1) is 0 Å². The van der Waals surface area contributed by atoms with Crippen LogP contribution in [0.1, 0.15) is 46.0 Å². The van der Waals surface area contributed by atoms with Crippen LogP contribution in [0.15, 0.2) is 0 Å². The molecule has 83 valence electrons. The van der Waals surface area contributed by atoms with Crippen molar-refractivity contribution in [3.8, 4) is 0 Å². The minimum absolute atomic E-state index is 0.183. The van der Waals surface area contributed by atoms with Gasteiger partial charge in [-0.15, -0.1) is 0 Å². The molecule has 1 spiro atoms. The summed E-state index contributed by atoms with van der Waals surface area (Å²) in [6, 6.07) is 0. The van der Waals surface area contributed by atoms with E-state index in [1.54, 1.807) is 0 Å². The van der Waals surface area contributed by atoms with Gasteiger partial charge in [-0.2, -0.15) is 0 Å². The number of hydrogen-bond acceptors (Lipinski definition) is 2. The summed E-state index contributed by atoms with van der Waals surface area (Å²) in [7, 11) is 0. The van der Waals surface area contributed by atoms with Gasteiger partial charge in [0.15, 0.2) is 0 Å². The van der Waals surface area contributed by atoms with Crippen molar-refractivity contribution in [1.82, 2.24) is 0 Å². The fourth-order valence-electron chi connectivity index (χ4n) is 3.13. The fourth-order valence-corrected chi connectivity index (χ4v) is 5.97. The molecule has 1 heterocycles. The van der Waals surface area contributed by atoms with Crippen LogP contribution in [-0.4, -0.2) is 18.0 Å².